The third kappa shape index (κ3) is 6.05. The molecule has 0 aromatic heterocycles. The van der Waals surface area contributed by atoms with Crippen molar-refractivity contribution >= 4 is 49.5 Å². The van der Waals surface area contributed by atoms with E-state index < -0.39 is 11.9 Å². The topological polar surface area (TPSA) is 78.4 Å². The number of urea groups is 1. The normalized spacial score (nSPS) is 11.8. The Morgan fingerprint density at radius 3 is 2.38 bits per heavy atom. The van der Waals surface area contributed by atoms with Crippen LogP contribution < -0.4 is 10.6 Å². The number of rotatable bonds is 6. The van der Waals surface area contributed by atoms with E-state index in [0.29, 0.717) is 25.1 Å². The maximum absolute atomic E-state index is 11.8. The Kier molecular flexibility index (Phi) is 7.17. The van der Waals surface area contributed by atoms with E-state index in [9.17, 15) is 9.59 Å². The van der Waals surface area contributed by atoms with E-state index in [1.165, 1.54) is 0 Å². The molecule has 0 saturated heterocycles. The predicted octanol–water partition coefficient (Wildman–Crippen LogP) is 4.14. The summed E-state index contributed by atoms with van der Waals surface area (Å²) < 4.78 is 1.59. The molecule has 5 nitrogen and oxygen atoms in total. The summed E-state index contributed by atoms with van der Waals surface area (Å²) in [6.45, 7) is 4.05. The average molecular weight is 422 g/mol. The van der Waals surface area contributed by atoms with Gasteiger partial charge < -0.3 is 15.7 Å². The van der Waals surface area contributed by atoms with Crippen molar-refractivity contribution in [3.05, 3.63) is 26.6 Å². The van der Waals surface area contributed by atoms with E-state index in [1.807, 2.05) is 19.1 Å². The van der Waals surface area contributed by atoms with Crippen LogP contribution in [0.25, 0.3) is 0 Å². The second-order valence-electron chi connectivity index (χ2n) is 4.87. The largest absolute Gasteiger partial charge is 0.481 e. The molecule has 7 heteroatoms. The number of halogens is 2. The average Bonchev–Trinajstić information content (AvgIpc) is 2.38. The van der Waals surface area contributed by atoms with Crippen molar-refractivity contribution < 1.29 is 14.7 Å². The van der Waals surface area contributed by atoms with Gasteiger partial charge in [0, 0.05) is 15.5 Å². The lowest BCUT2D eigenvalue weighted by atomic mass is 10.1. The number of amides is 2. The van der Waals surface area contributed by atoms with Crippen LogP contribution in [-0.2, 0) is 4.79 Å². The number of carbonyl (C=O) groups excluding carboxylic acids is 1. The van der Waals surface area contributed by atoms with Crippen LogP contribution in [-0.4, -0.2) is 23.7 Å². The zero-order valence-electron chi connectivity index (χ0n) is 11.9. The van der Waals surface area contributed by atoms with Crippen LogP contribution in [0.3, 0.4) is 0 Å². The van der Waals surface area contributed by atoms with Crippen molar-refractivity contribution in [2.24, 2.45) is 5.92 Å². The molecule has 0 spiro atoms. The minimum Gasteiger partial charge on any atom is -0.481 e. The first-order valence-electron chi connectivity index (χ1n) is 6.54. The number of carboxylic acid groups (broad SMARTS) is 1. The fraction of sp³-hybridized carbons (Fsp3) is 0.429. The minimum absolute atomic E-state index is 0.316. The highest BCUT2D eigenvalue weighted by Crippen LogP contribution is 2.32. The molecule has 3 N–H and O–H groups in total. The predicted molar refractivity (Wildman–Crippen MR) is 89.6 cm³/mol. The van der Waals surface area contributed by atoms with Crippen molar-refractivity contribution in [2.75, 3.05) is 11.9 Å². The van der Waals surface area contributed by atoms with Crippen molar-refractivity contribution in [1.29, 1.82) is 0 Å². The molecule has 0 heterocycles. The Bertz CT molecular complexity index is 512. The van der Waals surface area contributed by atoms with Crippen LogP contribution in [0.15, 0.2) is 21.1 Å². The van der Waals surface area contributed by atoms with E-state index in [2.05, 4.69) is 42.5 Å². The Hall–Kier alpha value is -1.08. The van der Waals surface area contributed by atoms with Crippen molar-refractivity contribution in [3.63, 3.8) is 0 Å². The van der Waals surface area contributed by atoms with Gasteiger partial charge in [0.2, 0.25) is 0 Å². The molecular weight excluding hydrogens is 404 g/mol. The van der Waals surface area contributed by atoms with Crippen LogP contribution in [0, 0.1) is 12.8 Å². The Morgan fingerprint density at radius 2 is 1.86 bits per heavy atom. The molecule has 0 aliphatic carbocycles. The summed E-state index contributed by atoms with van der Waals surface area (Å²) >= 11 is 6.81. The number of benzene rings is 1. The number of nitrogens with one attached hydrogen (secondary N) is 2. The lowest BCUT2D eigenvalue weighted by Gasteiger charge is -2.12. The van der Waals surface area contributed by atoms with Gasteiger partial charge in [-0.15, -0.1) is 0 Å². The summed E-state index contributed by atoms with van der Waals surface area (Å²) in [5.74, 6) is -1.21. The van der Waals surface area contributed by atoms with Crippen molar-refractivity contribution in [1.82, 2.24) is 5.32 Å². The second-order valence-corrected chi connectivity index (χ2v) is 6.57. The SMILES string of the molecule is Cc1cc(Br)c(NC(=O)NCCCC(C)C(=O)O)c(Br)c1. The van der Waals surface area contributed by atoms with Crippen LogP contribution in [0.5, 0.6) is 0 Å². The molecule has 0 radical (unpaired) electrons. The number of anilines is 1. The van der Waals surface area contributed by atoms with Crippen LogP contribution in [0.4, 0.5) is 10.5 Å². The highest BCUT2D eigenvalue weighted by molar-refractivity contribution is 9.11. The van der Waals surface area contributed by atoms with Gasteiger partial charge in [0.1, 0.15) is 0 Å². The van der Waals surface area contributed by atoms with Gasteiger partial charge in [0.15, 0.2) is 0 Å². The summed E-state index contributed by atoms with van der Waals surface area (Å²) in [5, 5.41) is 14.2. The number of aryl methyl sites for hydroxylation is 1. The maximum Gasteiger partial charge on any atom is 0.319 e. The van der Waals surface area contributed by atoms with Crippen LogP contribution in [0.2, 0.25) is 0 Å². The number of carbonyl (C=O) groups is 2. The quantitative estimate of drug-likeness (QED) is 0.604. The second kappa shape index (κ2) is 8.38. The van der Waals surface area contributed by atoms with Gasteiger partial charge >= 0.3 is 12.0 Å². The fourth-order valence-corrected chi connectivity index (χ4v) is 3.32. The van der Waals surface area contributed by atoms with Gasteiger partial charge in [-0.2, -0.15) is 0 Å². The summed E-state index contributed by atoms with van der Waals surface area (Å²) in [7, 11) is 0. The van der Waals surface area contributed by atoms with Gasteiger partial charge in [-0.05, 0) is 69.3 Å². The molecule has 21 heavy (non-hydrogen) atoms. The smallest absolute Gasteiger partial charge is 0.319 e. The van der Waals surface area contributed by atoms with E-state index in [1.54, 1.807) is 6.92 Å². The molecule has 0 fully saturated rings. The molecule has 0 aliphatic heterocycles. The molecule has 0 bridgehead atoms. The molecule has 2 amide bonds. The van der Waals surface area contributed by atoms with Crippen molar-refractivity contribution in [2.45, 2.75) is 26.7 Å². The van der Waals surface area contributed by atoms with Gasteiger partial charge in [0.25, 0.3) is 0 Å². The molecule has 1 aromatic rings. The summed E-state index contributed by atoms with van der Waals surface area (Å²) in [5.41, 5.74) is 1.74. The molecule has 1 aromatic carbocycles. The third-order valence-corrected chi connectivity index (χ3v) is 4.20. The first kappa shape index (κ1) is 18.0. The molecule has 0 saturated carbocycles. The number of aliphatic carboxylic acids is 1. The van der Waals surface area contributed by atoms with Crippen LogP contribution >= 0.6 is 31.9 Å². The van der Waals surface area contributed by atoms with E-state index >= 15 is 0 Å². The Balaban J connectivity index is 2.43. The number of carboxylic acids is 1. The van der Waals surface area contributed by atoms with Gasteiger partial charge in [0.05, 0.1) is 11.6 Å². The third-order valence-electron chi connectivity index (χ3n) is 2.95. The first-order valence-corrected chi connectivity index (χ1v) is 8.13. The van der Waals surface area contributed by atoms with Gasteiger partial charge in [-0.25, -0.2) is 4.79 Å². The highest BCUT2D eigenvalue weighted by Gasteiger charge is 2.11. The van der Waals surface area contributed by atoms with Gasteiger partial charge in [-0.3, -0.25) is 4.79 Å². The molecule has 1 atom stereocenters. The molecule has 1 rings (SSSR count). The van der Waals surface area contributed by atoms with Crippen LogP contribution in [0.1, 0.15) is 25.3 Å². The molecule has 0 aliphatic rings. The summed E-state index contributed by atoms with van der Waals surface area (Å²) in [6.07, 6.45) is 1.16. The maximum atomic E-state index is 11.8. The lowest BCUT2D eigenvalue weighted by Crippen LogP contribution is -2.30. The monoisotopic (exact) mass is 420 g/mol. The zero-order chi connectivity index (χ0) is 16.0. The molecule has 1 unspecified atom stereocenters. The Labute approximate surface area is 140 Å². The summed E-state index contributed by atoms with van der Waals surface area (Å²) in [6, 6.07) is 3.51. The van der Waals surface area contributed by atoms with Gasteiger partial charge in [-0.1, -0.05) is 6.92 Å². The highest BCUT2D eigenvalue weighted by atomic mass is 79.9. The van der Waals surface area contributed by atoms with Crippen molar-refractivity contribution in [3.8, 4) is 0 Å². The minimum atomic E-state index is -0.813. The molecule has 116 valence electrons. The van der Waals surface area contributed by atoms with E-state index in [4.69, 9.17) is 5.11 Å². The first-order chi connectivity index (χ1) is 9.81. The number of hydrogen-bond acceptors (Lipinski definition) is 2. The Morgan fingerprint density at radius 1 is 1.29 bits per heavy atom. The lowest BCUT2D eigenvalue weighted by molar-refractivity contribution is -0.141. The van der Waals surface area contributed by atoms with E-state index in [0.717, 1.165) is 14.5 Å². The molecular formula is C14H18Br2N2O3. The number of hydrogen-bond donors (Lipinski definition) is 3. The van der Waals surface area contributed by atoms with E-state index in [-0.39, 0.29) is 6.03 Å². The standard InChI is InChI=1S/C14H18Br2N2O3/c1-8-6-10(15)12(11(16)7-8)18-14(21)17-5-3-4-9(2)13(19)20/h6-7,9H,3-5H2,1-2H3,(H,19,20)(H2,17,18,21). The zero-order valence-corrected chi connectivity index (χ0v) is 15.0. The fourth-order valence-electron chi connectivity index (χ4n) is 1.71. The summed E-state index contributed by atoms with van der Waals surface area (Å²) in [4.78, 5) is 22.5.